The summed E-state index contributed by atoms with van der Waals surface area (Å²) >= 11 is 0. The quantitative estimate of drug-likeness (QED) is 0.453. The second-order valence-electron chi connectivity index (χ2n) is 9.18. The zero-order valence-corrected chi connectivity index (χ0v) is 18.8. The summed E-state index contributed by atoms with van der Waals surface area (Å²) in [6, 6.07) is 10.9. The minimum Gasteiger partial charge on any atom is -0.478 e. The molecule has 5 nitrogen and oxygen atoms in total. The largest absolute Gasteiger partial charge is 0.478 e. The van der Waals surface area contributed by atoms with Crippen molar-refractivity contribution < 1.29 is 23.4 Å². The number of nitrogens with zero attached hydrogens (tertiary/aromatic N) is 1. The van der Waals surface area contributed by atoms with Crippen LogP contribution in [0.15, 0.2) is 42.5 Å². The van der Waals surface area contributed by atoms with E-state index < -0.39 is 12.1 Å². The predicted octanol–water partition coefficient (Wildman–Crippen LogP) is 6.82. The van der Waals surface area contributed by atoms with Crippen LogP contribution in [0.3, 0.4) is 0 Å². The molecule has 0 aliphatic heterocycles. The Kier molecular flexibility index (Phi) is 7.16. The van der Waals surface area contributed by atoms with Crippen LogP contribution in [-0.4, -0.2) is 27.2 Å². The molecule has 0 bridgehead atoms. The van der Waals surface area contributed by atoms with Crippen molar-refractivity contribution in [1.29, 1.82) is 0 Å². The number of fused-ring (bicyclic) bond motifs is 1. The minimum absolute atomic E-state index is 0.0851. The van der Waals surface area contributed by atoms with Crippen molar-refractivity contribution in [2.75, 3.05) is 0 Å². The number of hydrogen-bond acceptors (Lipinski definition) is 3. The van der Waals surface area contributed by atoms with Gasteiger partial charge in [-0.05, 0) is 54.2 Å². The molecule has 4 rings (SSSR count). The van der Waals surface area contributed by atoms with E-state index in [4.69, 9.17) is 5.11 Å². The highest BCUT2D eigenvalue weighted by Gasteiger charge is 2.23. The van der Waals surface area contributed by atoms with E-state index in [0.717, 1.165) is 5.56 Å². The molecule has 1 saturated carbocycles. The molecule has 0 saturated heterocycles. The van der Waals surface area contributed by atoms with Crippen molar-refractivity contribution >= 4 is 17.0 Å². The summed E-state index contributed by atoms with van der Waals surface area (Å²) in [5.74, 6) is -0.264. The maximum atomic E-state index is 12.8. The van der Waals surface area contributed by atoms with E-state index in [9.17, 15) is 13.6 Å². The summed E-state index contributed by atoms with van der Waals surface area (Å²) in [5.41, 5.74) is 3.02. The van der Waals surface area contributed by atoms with E-state index in [1.54, 1.807) is 18.2 Å². The average Bonchev–Trinajstić information content (AvgIpc) is 3.10. The number of aromatic amines is 1. The monoisotopic (exact) mass is 444 g/mol. The Morgan fingerprint density at radius 1 is 1.12 bits per heavy atom. The van der Waals surface area contributed by atoms with Crippen molar-refractivity contribution in [3.63, 3.8) is 0 Å². The van der Waals surface area contributed by atoms with Crippen molar-refractivity contribution in [1.82, 2.24) is 9.97 Å². The molecular formula is C25H30F2N2O3. The van der Waals surface area contributed by atoms with Crippen LogP contribution in [0.4, 0.5) is 8.78 Å². The fourth-order valence-corrected chi connectivity index (χ4v) is 3.86. The minimum atomic E-state index is -3.22. The Morgan fingerprint density at radius 2 is 1.78 bits per heavy atom. The van der Waals surface area contributed by atoms with Crippen LogP contribution in [-0.2, 0) is 6.42 Å². The first-order valence-corrected chi connectivity index (χ1v) is 10.9. The normalized spacial score (nSPS) is 15.7. The lowest BCUT2D eigenvalue weighted by atomic mass is 9.78. The number of rotatable bonds is 5. The first kappa shape index (κ1) is 23.7. The van der Waals surface area contributed by atoms with Gasteiger partial charge in [0.05, 0.1) is 16.6 Å². The lowest BCUT2D eigenvalue weighted by molar-refractivity contribution is -0.158. The van der Waals surface area contributed by atoms with Crippen LogP contribution in [0, 0.1) is 5.41 Å². The Morgan fingerprint density at radius 3 is 2.31 bits per heavy atom. The number of aromatic nitrogens is 2. The molecule has 0 spiro atoms. The molecule has 1 heterocycles. The van der Waals surface area contributed by atoms with E-state index in [1.807, 2.05) is 0 Å². The number of ether oxygens (including phenoxy) is 1. The van der Waals surface area contributed by atoms with Crippen LogP contribution in [0.25, 0.3) is 11.0 Å². The summed E-state index contributed by atoms with van der Waals surface area (Å²) in [7, 11) is 0. The molecule has 2 N–H and O–H groups in total. The number of aromatic carboxylic acids is 1. The Balaban J connectivity index is 0.000000305. The molecule has 32 heavy (non-hydrogen) atoms. The smallest absolute Gasteiger partial charge is 0.394 e. The number of halogens is 2. The van der Waals surface area contributed by atoms with Crippen molar-refractivity contribution in [3.05, 3.63) is 59.4 Å². The van der Waals surface area contributed by atoms with Crippen molar-refractivity contribution in [2.45, 2.75) is 65.4 Å². The van der Waals surface area contributed by atoms with Gasteiger partial charge in [-0.15, -0.1) is 0 Å². The fourth-order valence-electron chi connectivity index (χ4n) is 3.86. The average molecular weight is 445 g/mol. The molecule has 172 valence electrons. The number of alkyl halides is 2. The Labute approximate surface area is 186 Å². The highest BCUT2D eigenvalue weighted by Crippen LogP contribution is 2.34. The molecule has 1 aliphatic carbocycles. The predicted molar refractivity (Wildman–Crippen MR) is 120 cm³/mol. The summed E-state index contributed by atoms with van der Waals surface area (Å²) < 4.78 is 30.0. The lowest BCUT2D eigenvalue weighted by Gasteiger charge is -2.28. The molecule has 0 atom stereocenters. The molecule has 1 aliphatic rings. The molecule has 1 fully saturated rings. The second-order valence-corrected chi connectivity index (χ2v) is 9.18. The van der Waals surface area contributed by atoms with Crippen LogP contribution < -0.4 is 4.74 Å². The SMILES string of the molecule is CC(F)(F)Oc1ccc(Cc2nc3ccc(C(=O)O)cc3[nH]2)cc1.CC1(C)CCCCC1. The van der Waals surface area contributed by atoms with E-state index in [-0.39, 0.29) is 11.3 Å². The number of carboxylic acids is 1. The molecule has 1 aromatic heterocycles. The van der Waals surface area contributed by atoms with Gasteiger partial charge in [-0.2, -0.15) is 8.78 Å². The highest BCUT2D eigenvalue weighted by molar-refractivity contribution is 5.92. The topological polar surface area (TPSA) is 75.2 Å². The number of imidazole rings is 1. The standard InChI is InChI=1S/C17H14F2N2O3.C8H16/c1-17(18,19)24-12-5-2-10(3-6-12)8-15-20-13-7-4-11(16(22)23)9-14(13)21-15;1-8(2)6-4-3-5-7-8/h2-7,9H,8H2,1H3,(H,20,21)(H,22,23);3-7H2,1-2H3. The van der Waals surface area contributed by atoms with Crippen LogP contribution in [0.1, 0.15) is 74.6 Å². The molecule has 7 heteroatoms. The number of nitrogens with one attached hydrogen (secondary N) is 1. The molecule has 3 aromatic rings. The zero-order valence-electron chi connectivity index (χ0n) is 18.8. The maximum absolute atomic E-state index is 12.8. The van der Waals surface area contributed by atoms with Gasteiger partial charge in [0.15, 0.2) is 0 Å². The summed E-state index contributed by atoms with van der Waals surface area (Å²) in [6.45, 7) is 5.44. The molecule has 2 aromatic carbocycles. The number of H-pyrrole nitrogens is 1. The zero-order chi connectivity index (χ0) is 23.4. The molecule has 0 unspecified atom stereocenters. The van der Waals surface area contributed by atoms with Gasteiger partial charge in [0, 0.05) is 13.3 Å². The van der Waals surface area contributed by atoms with E-state index in [2.05, 4.69) is 28.6 Å². The van der Waals surface area contributed by atoms with E-state index >= 15 is 0 Å². The lowest BCUT2D eigenvalue weighted by Crippen LogP contribution is -2.18. The molecular weight excluding hydrogens is 414 g/mol. The van der Waals surface area contributed by atoms with Crippen LogP contribution in [0.2, 0.25) is 0 Å². The van der Waals surface area contributed by atoms with Gasteiger partial charge in [0.25, 0.3) is 0 Å². The van der Waals surface area contributed by atoms with E-state index in [1.165, 1.54) is 56.4 Å². The third-order valence-corrected chi connectivity index (χ3v) is 5.58. The number of carbonyl (C=O) groups is 1. The first-order valence-electron chi connectivity index (χ1n) is 10.9. The summed E-state index contributed by atoms with van der Waals surface area (Å²) in [4.78, 5) is 18.4. The van der Waals surface area contributed by atoms with E-state index in [0.29, 0.717) is 35.6 Å². The number of hydrogen-bond donors (Lipinski definition) is 2. The van der Waals surface area contributed by atoms with Gasteiger partial charge in [-0.1, -0.05) is 45.2 Å². The Bertz CT molecular complexity index is 1050. The van der Waals surface area contributed by atoms with Gasteiger partial charge in [-0.25, -0.2) is 9.78 Å². The number of carboxylic acid groups (broad SMARTS) is 1. The molecule has 0 radical (unpaired) electrons. The van der Waals surface area contributed by atoms with Gasteiger partial charge in [-0.3, -0.25) is 0 Å². The Hall–Kier alpha value is -2.96. The number of benzene rings is 2. The van der Waals surface area contributed by atoms with Gasteiger partial charge in [0.2, 0.25) is 0 Å². The third-order valence-electron chi connectivity index (χ3n) is 5.58. The van der Waals surface area contributed by atoms with Gasteiger partial charge >= 0.3 is 12.1 Å². The third kappa shape index (κ3) is 7.04. The van der Waals surface area contributed by atoms with Crippen molar-refractivity contribution in [3.8, 4) is 5.75 Å². The first-order chi connectivity index (χ1) is 15.0. The summed E-state index contributed by atoms with van der Waals surface area (Å²) in [5, 5.41) is 8.99. The van der Waals surface area contributed by atoms with Crippen LogP contribution in [0.5, 0.6) is 5.75 Å². The summed E-state index contributed by atoms with van der Waals surface area (Å²) in [6.07, 6.45) is 4.55. The van der Waals surface area contributed by atoms with Crippen molar-refractivity contribution in [2.24, 2.45) is 5.41 Å². The second kappa shape index (κ2) is 9.67. The van der Waals surface area contributed by atoms with Crippen LogP contribution >= 0.6 is 0 Å². The van der Waals surface area contributed by atoms with Gasteiger partial charge < -0.3 is 14.8 Å². The highest BCUT2D eigenvalue weighted by atomic mass is 19.3. The fraction of sp³-hybridized carbons (Fsp3) is 0.440. The molecule has 0 amide bonds. The maximum Gasteiger partial charge on any atom is 0.394 e. The van der Waals surface area contributed by atoms with Gasteiger partial charge in [0.1, 0.15) is 11.6 Å².